The van der Waals surface area contributed by atoms with E-state index in [2.05, 4.69) is 30.1 Å². The van der Waals surface area contributed by atoms with Crippen LogP contribution in [0.2, 0.25) is 0 Å². The smallest absolute Gasteiger partial charge is 0.128 e. The average Bonchev–Trinajstić information content (AvgIpc) is 2.34. The van der Waals surface area contributed by atoms with E-state index in [4.69, 9.17) is 0 Å². The SMILES string of the molecule is Cc1cc(C2CNC2)cc(F)c1CN1CCC(C)CC1. The summed E-state index contributed by atoms with van der Waals surface area (Å²) >= 11 is 0. The zero-order valence-corrected chi connectivity index (χ0v) is 12.6. The standard InChI is InChI=1S/C17H25FN2/c1-12-3-5-20(6-4-12)11-16-13(2)7-14(8-17(16)18)15-9-19-10-15/h7-8,12,15,19H,3-6,9-11H2,1-2H3. The largest absolute Gasteiger partial charge is 0.315 e. The van der Waals surface area contributed by atoms with Crippen molar-refractivity contribution < 1.29 is 4.39 Å². The lowest BCUT2D eigenvalue weighted by Crippen LogP contribution is -2.40. The highest BCUT2D eigenvalue weighted by molar-refractivity contribution is 5.35. The first kappa shape index (κ1) is 14.0. The van der Waals surface area contributed by atoms with Gasteiger partial charge in [-0.15, -0.1) is 0 Å². The molecule has 2 heterocycles. The third-order valence-corrected chi connectivity index (χ3v) is 4.95. The van der Waals surface area contributed by atoms with Crippen molar-refractivity contribution in [3.8, 4) is 0 Å². The van der Waals surface area contributed by atoms with Gasteiger partial charge in [-0.1, -0.05) is 13.0 Å². The molecular weight excluding hydrogens is 251 g/mol. The van der Waals surface area contributed by atoms with Gasteiger partial charge in [-0.2, -0.15) is 0 Å². The van der Waals surface area contributed by atoms with Crippen LogP contribution in [0.1, 0.15) is 42.4 Å². The van der Waals surface area contributed by atoms with E-state index in [-0.39, 0.29) is 5.82 Å². The van der Waals surface area contributed by atoms with Crippen LogP contribution in [0.3, 0.4) is 0 Å². The molecule has 0 aromatic heterocycles. The molecule has 0 aliphatic carbocycles. The number of piperidine rings is 1. The summed E-state index contributed by atoms with van der Waals surface area (Å²) < 4.78 is 14.4. The molecule has 2 aliphatic heterocycles. The highest BCUT2D eigenvalue weighted by Gasteiger charge is 2.22. The molecule has 0 spiro atoms. The Hall–Kier alpha value is -0.930. The summed E-state index contributed by atoms with van der Waals surface area (Å²) in [6, 6.07) is 3.96. The molecule has 0 saturated carbocycles. The maximum atomic E-state index is 14.4. The van der Waals surface area contributed by atoms with Gasteiger partial charge in [0.1, 0.15) is 5.82 Å². The van der Waals surface area contributed by atoms with E-state index in [9.17, 15) is 4.39 Å². The monoisotopic (exact) mass is 276 g/mol. The number of hydrogen-bond acceptors (Lipinski definition) is 2. The highest BCUT2D eigenvalue weighted by Crippen LogP contribution is 2.26. The summed E-state index contributed by atoms with van der Waals surface area (Å²) in [6.07, 6.45) is 2.49. The van der Waals surface area contributed by atoms with Crippen molar-refractivity contribution in [2.24, 2.45) is 5.92 Å². The zero-order valence-electron chi connectivity index (χ0n) is 12.6. The van der Waals surface area contributed by atoms with Crippen molar-refractivity contribution in [2.45, 2.75) is 39.2 Å². The Kier molecular flexibility index (Phi) is 4.08. The van der Waals surface area contributed by atoms with Gasteiger partial charge in [-0.25, -0.2) is 4.39 Å². The summed E-state index contributed by atoms with van der Waals surface area (Å²) in [4.78, 5) is 2.40. The summed E-state index contributed by atoms with van der Waals surface area (Å²) in [7, 11) is 0. The molecule has 2 nitrogen and oxygen atoms in total. The molecule has 2 aliphatic rings. The van der Waals surface area contributed by atoms with Gasteiger partial charge in [-0.05, 0) is 56.0 Å². The minimum absolute atomic E-state index is 0.00878. The van der Waals surface area contributed by atoms with Crippen LogP contribution >= 0.6 is 0 Å². The average molecular weight is 276 g/mol. The maximum absolute atomic E-state index is 14.4. The van der Waals surface area contributed by atoms with Gasteiger partial charge in [0.25, 0.3) is 0 Å². The van der Waals surface area contributed by atoms with E-state index < -0.39 is 0 Å². The molecule has 0 unspecified atom stereocenters. The molecule has 110 valence electrons. The fraction of sp³-hybridized carbons (Fsp3) is 0.647. The second-order valence-corrected chi connectivity index (χ2v) is 6.61. The van der Waals surface area contributed by atoms with E-state index in [1.54, 1.807) is 6.07 Å². The Balaban J connectivity index is 1.72. The van der Waals surface area contributed by atoms with Gasteiger partial charge < -0.3 is 5.32 Å². The van der Waals surface area contributed by atoms with Crippen LogP contribution < -0.4 is 5.32 Å². The van der Waals surface area contributed by atoms with Crippen LogP contribution in [0.25, 0.3) is 0 Å². The molecule has 1 N–H and O–H groups in total. The van der Waals surface area contributed by atoms with Crippen molar-refractivity contribution in [3.63, 3.8) is 0 Å². The molecule has 20 heavy (non-hydrogen) atoms. The lowest BCUT2D eigenvalue weighted by atomic mass is 9.90. The predicted molar refractivity (Wildman–Crippen MR) is 80.4 cm³/mol. The molecule has 0 amide bonds. The van der Waals surface area contributed by atoms with Gasteiger partial charge in [0.05, 0.1) is 0 Å². The van der Waals surface area contributed by atoms with E-state index in [1.807, 2.05) is 0 Å². The number of rotatable bonds is 3. The van der Waals surface area contributed by atoms with E-state index in [0.717, 1.165) is 55.3 Å². The summed E-state index contributed by atoms with van der Waals surface area (Å²) in [5.41, 5.74) is 3.18. The normalized spacial score (nSPS) is 21.9. The molecule has 0 bridgehead atoms. The molecule has 0 radical (unpaired) electrons. The van der Waals surface area contributed by atoms with E-state index in [1.165, 1.54) is 12.8 Å². The van der Waals surface area contributed by atoms with Gasteiger partial charge in [-0.3, -0.25) is 4.90 Å². The molecule has 3 heteroatoms. The lowest BCUT2D eigenvalue weighted by Gasteiger charge is -2.31. The summed E-state index contributed by atoms with van der Waals surface area (Å²) in [6.45, 7) is 9.33. The van der Waals surface area contributed by atoms with Gasteiger partial charge in [0, 0.05) is 31.1 Å². The molecule has 2 fully saturated rings. The third-order valence-electron chi connectivity index (χ3n) is 4.95. The van der Waals surface area contributed by atoms with Crippen LogP contribution in [-0.4, -0.2) is 31.1 Å². The summed E-state index contributed by atoms with van der Waals surface area (Å²) in [5, 5.41) is 3.25. The lowest BCUT2D eigenvalue weighted by molar-refractivity contribution is 0.183. The zero-order chi connectivity index (χ0) is 14.1. The summed E-state index contributed by atoms with van der Waals surface area (Å²) in [5.74, 6) is 1.32. The fourth-order valence-corrected chi connectivity index (χ4v) is 3.20. The Morgan fingerprint density at radius 1 is 1.25 bits per heavy atom. The van der Waals surface area contributed by atoms with Crippen molar-refractivity contribution in [2.75, 3.05) is 26.2 Å². The number of aryl methyl sites for hydroxylation is 1. The Morgan fingerprint density at radius 3 is 2.50 bits per heavy atom. The van der Waals surface area contributed by atoms with Crippen molar-refractivity contribution in [3.05, 3.63) is 34.6 Å². The molecule has 3 rings (SSSR count). The van der Waals surface area contributed by atoms with Crippen LogP contribution in [-0.2, 0) is 6.54 Å². The minimum Gasteiger partial charge on any atom is -0.315 e. The second-order valence-electron chi connectivity index (χ2n) is 6.61. The first-order valence-electron chi connectivity index (χ1n) is 7.85. The van der Waals surface area contributed by atoms with Crippen molar-refractivity contribution in [1.29, 1.82) is 0 Å². The van der Waals surface area contributed by atoms with Gasteiger partial charge >= 0.3 is 0 Å². The van der Waals surface area contributed by atoms with Crippen molar-refractivity contribution >= 4 is 0 Å². The van der Waals surface area contributed by atoms with Gasteiger partial charge in [0.2, 0.25) is 0 Å². The number of halogens is 1. The van der Waals surface area contributed by atoms with E-state index in [0.29, 0.717) is 5.92 Å². The fourth-order valence-electron chi connectivity index (χ4n) is 3.20. The first-order chi connectivity index (χ1) is 9.63. The molecule has 0 atom stereocenters. The number of nitrogens with zero attached hydrogens (tertiary/aromatic N) is 1. The molecule has 1 aromatic carbocycles. The predicted octanol–water partition coefficient (Wildman–Crippen LogP) is 3.05. The van der Waals surface area contributed by atoms with E-state index >= 15 is 0 Å². The first-order valence-corrected chi connectivity index (χ1v) is 7.85. The molecule has 2 saturated heterocycles. The van der Waals surface area contributed by atoms with Crippen molar-refractivity contribution in [1.82, 2.24) is 10.2 Å². The van der Waals surface area contributed by atoms with Crippen LogP contribution in [0.5, 0.6) is 0 Å². The number of benzene rings is 1. The topological polar surface area (TPSA) is 15.3 Å². The highest BCUT2D eigenvalue weighted by atomic mass is 19.1. The Bertz CT molecular complexity index is 451. The van der Waals surface area contributed by atoms with Gasteiger partial charge in [0.15, 0.2) is 0 Å². The minimum atomic E-state index is -0.00878. The molecule has 1 aromatic rings. The Morgan fingerprint density at radius 2 is 1.95 bits per heavy atom. The number of likely N-dealkylation sites (tertiary alicyclic amines) is 1. The van der Waals surface area contributed by atoms with Crippen LogP contribution in [0.15, 0.2) is 12.1 Å². The Labute approximate surface area is 121 Å². The van der Waals surface area contributed by atoms with Crippen LogP contribution in [0, 0.1) is 18.7 Å². The second kappa shape index (κ2) is 5.82. The number of hydrogen-bond donors (Lipinski definition) is 1. The van der Waals surface area contributed by atoms with Crippen LogP contribution in [0.4, 0.5) is 4.39 Å². The maximum Gasteiger partial charge on any atom is 0.128 e. The molecular formula is C17H25FN2. The third kappa shape index (κ3) is 2.89. The number of nitrogens with one attached hydrogen (secondary N) is 1. The quantitative estimate of drug-likeness (QED) is 0.913.